The third kappa shape index (κ3) is 4.98. The van der Waals surface area contributed by atoms with Crippen molar-refractivity contribution >= 4 is 25.6 Å². The van der Waals surface area contributed by atoms with E-state index in [0.29, 0.717) is 26.3 Å². The molecule has 0 N–H and O–H groups in total. The van der Waals surface area contributed by atoms with Crippen LogP contribution >= 0.6 is 10.7 Å². The lowest BCUT2D eigenvalue weighted by atomic mass is 10.1. The summed E-state index contributed by atoms with van der Waals surface area (Å²) >= 11 is 0. The molecule has 1 aromatic rings. The molecule has 0 fully saturated rings. The number of carbonyl (C=O) groups excluding carboxylic acids is 1. The maximum Gasteiger partial charge on any atom is 0.262 e. The first-order valence-corrected chi connectivity index (χ1v) is 9.04. The highest BCUT2D eigenvalue weighted by molar-refractivity contribution is 8.13. The molecule has 0 atom stereocenters. The molecule has 1 rings (SSSR count). The highest BCUT2D eigenvalue weighted by atomic mass is 35.7. The van der Waals surface area contributed by atoms with Crippen molar-refractivity contribution < 1.29 is 17.9 Å². The van der Waals surface area contributed by atoms with Gasteiger partial charge in [-0.2, -0.15) is 0 Å². The van der Waals surface area contributed by atoms with Crippen LogP contribution in [0.3, 0.4) is 0 Å². The highest BCUT2D eigenvalue weighted by Gasteiger charge is 2.23. The fraction of sp³-hybridized carbons (Fsp3) is 0.500. The fourth-order valence-corrected chi connectivity index (χ4v) is 2.96. The van der Waals surface area contributed by atoms with Gasteiger partial charge >= 0.3 is 0 Å². The molecule has 0 heterocycles. The van der Waals surface area contributed by atoms with Gasteiger partial charge in [0.05, 0.1) is 17.1 Å². The molecule has 0 saturated heterocycles. The summed E-state index contributed by atoms with van der Waals surface area (Å²) in [5.41, 5.74) is 0.895. The van der Waals surface area contributed by atoms with Crippen LogP contribution in [0.15, 0.2) is 23.1 Å². The van der Waals surface area contributed by atoms with Crippen LogP contribution in [0, 0.1) is 6.92 Å². The zero-order valence-corrected chi connectivity index (χ0v) is 14.0. The number of benzene rings is 1. The van der Waals surface area contributed by atoms with E-state index in [1.807, 2.05) is 13.8 Å². The zero-order valence-electron chi connectivity index (χ0n) is 12.4. The third-order valence-electron chi connectivity index (χ3n) is 3.01. The van der Waals surface area contributed by atoms with Crippen molar-refractivity contribution in [3.8, 4) is 0 Å². The first-order valence-electron chi connectivity index (χ1n) is 6.73. The lowest BCUT2D eigenvalue weighted by Gasteiger charge is -2.22. The van der Waals surface area contributed by atoms with E-state index in [1.165, 1.54) is 11.0 Å². The van der Waals surface area contributed by atoms with Gasteiger partial charge in [0.15, 0.2) is 0 Å². The number of amides is 1. The lowest BCUT2D eigenvalue weighted by molar-refractivity contribution is 0.0665. The summed E-state index contributed by atoms with van der Waals surface area (Å²) in [5, 5.41) is 0. The largest absolute Gasteiger partial charge is 0.380 e. The first kappa shape index (κ1) is 17.9. The molecule has 0 saturated carbocycles. The lowest BCUT2D eigenvalue weighted by Crippen LogP contribution is -2.34. The summed E-state index contributed by atoms with van der Waals surface area (Å²) in [6, 6.07) is 4.52. The van der Waals surface area contributed by atoms with Crippen molar-refractivity contribution in [3.05, 3.63) is 29.3 Å². The Kier molecular flexibility index (Phi) is 6.64. The molecule has 5 nitrogen and oxygen atoms in total. The summed E-state index contributed by atoms with van der Waals surface area (Å²) in [6.07, 6.45) is 0. The van der Waals surface area contributed by atoms with Gasteiger partial charge in [-0.25, -0.2) is 8.42 Å². The average molecular weight is 334 g/mol. The molecule has 1 amide bonds. The second-order valence-electron chi connectivity index (χ2n) is 4.52. The Balaban J connectivity index is 3.12. The van der Waals surface area contributed by atoms with Gasteiger partial charge in [-0.05, 0) is 32.9 Å². The minimum atomic E-state index is -3.97. The molecule has 21 heavy (non-hydrogen) atoms. The molecular weight excluding hydrogens is 314 g/mol. The van der Waals surface area contributed by atoms with Gasteiger partial charge in [0.1, 0.15) is 0 Å². The van der Waals surface area contributed by atoms with Crippen LogP contribution in [0.5, 0.6) is 0 Å². The second kappa shape index (κ2) is 7.77. The molecule has 7 heteroatoms. The van der Waals surface area contributed by atoms with Gasteiger partial charge in [-0.3, -0.25) is 4.79 Å². The van der Waals surface area contributed by atoms with Crippen LogP contribution < -0.4 is 0 Å². The molecule has 1 aromatic carbocycles. The summed E-state index contributed by atoms with van der Waals surface area (Å²) in [6.45, 7) is 7.33. The smallest absolute Gasteiger partial charge is 0.262 e. The van der Waals surface area contributed by atoms with Crippen molar-refractivity contribution in [1.82, 2.24) is 4.90 Å². The molecule has 0 bridgehead atoms. The van der Waals surface area contributed by atoms with Crippen molar-refractivity contribution in [2.24, 2.45) is 0 Å². The Labute approximate surface area is 130 Å². The number of carbonyl (C=O) groups is 1. The number of nitrogens with zero attached hydrogens (tertiary/aromatic N) is 1. The monoisotopic (exact) mass is 333 g/mol. The van der Waals surface area contributed by atoms with Crippen LogP contribution in [0.4, 0.5) is 0 Å². The summed E-state index contributed by atoms with van der Waals surface area (Å²) in [4.78, 5) is 13.9. The normalized spacial score (nSPS) is 11.4. The van der Waals surface area contributed by atoms with E-state index < -0.39 is 9.05 Å². The van der Waals surface area contributed by atoms with Gasteiger partial charge in [0.2, 0.25) is 0 Å². The van der Waals surface area contributed by atoms with Crippen LogP contribution in [0.25, 0.3) is 0 Å². The van der Waals surface area contributed by atoms with Crippen LogP contribution in [0.1, 0.15) is 29.8 Å². The first-order chi connectivity index (χ1) is 9.81. The summed E-state index contributed by atoms with van der Waals surface area (Å²) in [5.74, 6) is -0.361. The summed E-state index contributed by atoms with van der Waals surface area (Å²) < 4.78 is 28.5. The maximum atomic E-state index is 12.5. The minimum absolute atomic E-state index is 0.100. The van der Waals surface area contributed by atoms with E-state index in [0.717, 1.165) is 5.56 Å². The van der Waals surface area contributed by atoms with Crippen molar-refractivity contribution in [2.75, 3.05) is 26.3 Å². The average Bonchev–Trinajstić information content (AvgIpc) is 2.41. The van der Waals surface area contributed by atoms with Crippen LogP contribution in [-0.4, -0.2) is 45.5 Å². The van der Waals surface area contributed by atoms with Gasteiger partial charge in [-0.1, -0.05) is 11.6 Å². The Bertz CT molecular complexity index is 601. The van der Waals surface area contributed by atoms with Gasteiger partial charge in [-0.15, -0.1) is 0 Å². The number of hydrogen-bond acceptors (Lipinski definition) is 4. The van der Waals surface area contributed by atoms with Crippen LogP contribution in [-0.2, 0) is 13.8 Å². The minimum Gasteiger partial charge on any atom is -0.380 e. The molecule has 118 valence electrons. The number of rotatable bonds is 7. The summed E-state index contributed by atoms with van der Waals surface area (Å²) in [7, 11) is 1.44. The van der Waals surface area contributed by atoms with E-state index in [2.05, 4.69) is 0 Å². The van der Waals surface area contributed by atoms with Crippen LogP contribution in [0.2, 0.25) is 0 Å². The van der Waals surface area contributed by atoms with Crippen molar-refractivity contribution in [2.45, 2.75) is 25.7 Å². The Morgan fingerprint density at radius 3 is 2.52 bits per heavy atom. The van der Waals surface area contributed by atoms with Gasteiger partial charge < -0.3 is 9.64 Å². The molecule has 0 spiro atoms. The maximum absolute atomic E-state index is 12.5. The topological polar surface area (TPSA) is 63.7 Å². The number of ether oxygens (including phenoxy) is 1. The Morgan fingerprint density at radius 1 is 1.33 bits per heavy atom. The second-order valence-corrected chi connectivity index (χ2v) is 7.05. The van der Waals surface area contributed by atoms with E-state index in [1.54, 1.807) is 19.1 Å². The van der Waals surface area contributed by atoms with E-state index >= 15 is 0 Å². The fourth-order valence-electron chi connectivity index (χ4n) is 1.92. The van der Waals surface area contributed by atoms with E-state index in [4.69, 9.17) is 15.4 Å². The van der Waals surface area contributed by atoms with Gasteiger partial charge in [0.25, 0.3) is 15.0 Å². The Morgan fingerprint density at radius 2 is 2.00 bits per heavy atom. The Hall–Kier alpha value is -1.11. The molecule has 0 radical (unpaired) electrons. The molecule has 0 aliphatic heterocycles. The molecule has 0 aromatic heterocycles. The SMILES string of the molecule is CCOCCN(CC)C(=O)c1cc(C)ccc1S(=O)(=O)Cl. The third-order valence-corrected chi connectivity index (χ3v) is 4.39. The van der Waals surface area contributed by atoms with Gasteiger partial charge in [0, 0.05) is 30.4 Å². The number of likely N-dealkylation sites (N-methyl/N-ethyl adjacent to an activating group) is 1. The highest BCUT2D eigenvalue weighted by Crippen LogP contribution is 2.22. The quantitative estimate of drug-likeness (QED) is 0.568. The van der Waals surface area contributed by atoms with E-state index in [9.17, 15) is 13.2 Å². The molecule has 0 aliphatic carbocycles. The van der Waals surface area contributed by atoms with E-state index in [-0.39, 0.29) is 16.4 Å². The zero-order chi connectivity index (χ0) is 16.0. The predicted octanol–water partition coefficient (Wildman–Crippen LogP) is 2.42. The van der Waals surface area contributed by atoms with Crippen molar-refractivity contribution in [3.63, 3.8) is 0 Å². The predicted molar refractivity (Wildman–Crippen MR) is 82.3 cm³/mol. The number of halogens is 1. The molecule has 0 unspecified atom stereocenters. The van der Waals surface area contributed by atoms with Crippen molar-refractivity contribution in [1.29, 1.82) is 0 Å². The standard InChI is InChI=1S/C14H20ClNO4S/c1-4-16(8-9-20-5-2)14(17)12-10-11(3)6-7-13(12)21(15,18)19/h6-7,10H,4-5,8-9H2,1-3H3. The molecular formula is C14H20ClNO4S. The molecule has 0 aliphatic rings. The number of hydrogen-bond donors (Lipinski definition) is 0. The number of aryl methyl sites for hydroxylation is 1.